The Morgan fingerprint density at radius 3 is 3.07 bits per heavy atom. The van der Waals surface area contributed by atoms with E-state index in [9.17, 15) is 0 Å². The van der Waals surface area contributed by atoms with E-state index in [0.717, 1.165) is 18.8 Å². The van der Waals surface area contributed by atoms with Crippen LogP contribution >= 0.6 is 11.3 Å². The molecule has 3 unspecified atom stereocenters. The molecular formula is C12H20N2S. The molecule has 0 saturated heterocycles. The van der Waals surface area contributed by atoms with E-state index in [1.165, 1.54) is 17.8 Å². The molecule has 84 valence electrons. The maximum absolute atomic E-state index is 6.55. The van der Waals surface area contributed by atoms with Crippen LogP contribution < -0.4 is 5.73 Å². The standard InChI is InChI=1S/C12H20N2S/c1-9-4-3-5-12(13,10(9)2)8-11-14-6-7-15-11/h6-7,9-10H,3-5,8,13H2,1-2H3. The van der Waals surface area contributed by atoms with E-state index in [1.807, 2.05) is 11.6 Å². The molecule has 3 atom stereocenters. The van der Waals surface area contributed by atoms with Crippen LogP contribution in [0.4, 0.5) is 0 Å². The molecule has 0 radical (unpaired) electrons. The van der Waals surface area contributed by atoms with Crippen molar-refractivity contribution in [3.8, 4) is 0 Å². The molecule has 2 nitrogen and oxygen atoms in total. The fourth-order valence-electron chi connectivity index (χ4n) is 2.67. The average molecular weight is 224 g/mol. The minimum atomic E-state index is -0.0183. The van der Waals surface area contributed by atoms with Crippen molar-refractivity contribution in [2.24, 2.45) is 17.6 Å². The van der Waals surface area contributed by atoms with Crippen LogP contribution in [0.5, 0.6) is 0 Å². The van der Waals surface area contributed by atoms with Gasteiger partial charge in [-0.05, 0) is 18.3 Å². The number of hydrogen-bond acceptors (Lipinski definition) is 3. The maximum atomic E-state index is 6.55. The minimum Gasteiger partial charge on any atom is -0.324 e. The third-order valence-electron chi connectivity index (χ3n) is 4.03. The average Bonchev–Trinajstić information content (AvgIpc) is 2.67. The zero-order valence-corrected chi connectivity index (χ0v) is 10.4. The summed E-state index contributed by atoms with van der Waals surface area (Å²) >= 11 is 1.73. The van der Waals surface area contributed by atoms with Crippen LogP contribution in [0, 0.1) is 11.8 Å². The van der Waals surface area contributed by atoms with Gasteiger partial charge in [-0.15, -0.1) is 11.3 Å². The number of nitrogens with two attached hydrogens (primary N) is 1. The first-order chi connectivity index (χ1) is 7.12. The Labute approximate surface area is 95.9 Å². The van der Waals surface area contributed by atoms with Crippen molar-refractivity contribution in [2.45, 2.75) is 45.1 Å². The molecule has 1 aliphatic rings. The lowest BCUT2D eigenvalue weighted by molar-refractivity contribution is 0.143. The van der Waals surface area contributed by atoms with Gasteiger partial charge in [0.15, 0.2) is 0 Å². The number of thiazole rings is 1. The topological polar surface area (TPSA) is 38.9 Å². The van der Waals surface area contributed by atoms with Gasteiger partial charge in [-0.3, -0.25) is 0 Å². The first-order valence-electron chi connectivity index (χ1n) is 5.79. The lowest BCUT2D eigenvalue weighted by atomic mass is 9.67. The molecule has 1 aliphatic carbocycles. The van der Waals surface area contributed by atoms with E-state index in [4.69, 9.17) is 5.73 Å². The van der Waals surface area contributed by atoms with Crippen LogP contribution in [0.15, 0.2) is 11.6 Å². The highest BCUT2D eigenvalue weighted by atomic mass is 32.1. The van der Waals surface area contributed by atoms with Crippen LogP contribution in [0.1, 0.15) is 38.1 Å². The molecule has 1 heterocycles. The van der Waals surface area contributed by atoms with Gasteiger partial charge in [0, 0.05) is 23.5 Å². The van der Waals surface area contributed by atoms with Crippen molar-refractivity contribution < 1.29 is 0 Å². The van der Waals surface area contributed by atoms with Gasteiger partial charge in [0.1, 0.15) is 0 Å². The van der Waals surface area contributed by atoms with Crippen LogP contribution in [0.3, 0.4) is 0 Å². The summed E-state index contributed by atoms with van der Waals surface area (Å²) in [6.45, 7) is 4.63. The zero-order chi connectivity index (χ0) is 10.9. The van der Waals surface area contributed by atoms with E-state index < -0.39 is 0 Å². The molecule has 1 aromatic heterocycles. The molecule has 1 saturated carbocycles. The van der Waals surface area contributed by atoms with Gasteiger partial charge < -0.3 is 5.73 Å². The number of nitrogens with zero attached hydrogens (tertiary/aromatic N) is 1. The lowest BCUT2D eigenvalue weighted by Gasteiger charge is -2.43. The molecule has 2 N–H and O–H groups in total. The Balaban J connectivity index is 2.11. The molecule has 15 heavy (non-hydrogen) atoms. The molecule has 0 aromatic carbocycles. The lowest BCUT2D eigenvalue weighted by Crippen LogP contribution is -2.52. The van der Waals surface area contributed by atoms with Crippen molar-refractivity contribution in [1.82, 2.24) is 4.98 Å². The van der Waals surface area contributed by atoms with Crippen LogP contribution in [0.2, 0.25) is 0 Å². The van der Waals surface area contributed by atoms with Gasteiger partial charge in [0.2, 0.25) is 0 Å². The minimum absolute atomic E-state index is 0.0183. The molecule has 0 aliphatic heterocycles. The summed E-state index contributed by atoms with van der Waals surface area (Å²) in [7, 11) is 0. The molecule has 0 spiro atoms. The third kappa shape index (κ3) is 2.23. The summed E-state index contributed by atoms with van der Waals surface area (Å²) in [5, 5.41) is 3.23. The van der Waals surface area contributed by atoms with Gasteiger partial charge in [-0.2, -0.15) is 0 Å². The number of hydrogen-bond donors (Lipinski definition) is 1. The van der Waals surface area contributed by atoms with Crippen molar-refractivity contribution in [3.05, 3.63) is 16.6 Å². The monoisotopic (exact) mass is 224 g/mol. The first kappa shape index (κ1) is 11.1. The second kappa shape index (κ2) is 4.22. The van der Waals surface area contributed by atoms with Gasteiger partial charge in [-0.1, -0.05) is 26.7 Å². The summed E-state index contributed by atoms with van der Waals surface area (Å²) < 4.78 is 0. The van der Waals surface area contributed by atoms with Gasteiger partial charge in [-0.25, -0.2) is 4.98 Å². The second-order valence-corrected chi connectivity index (χ2v) is 5.97. The fraction of sp³-hybridized carbons (Fsp3) is 0.750. The molecular weight excluding hydrogens is 204 g/mol. The van der Waals surface area contributed by atoms with Crippen molar-refractivity contribution in [1.29, 1.82) is 0 Å². The Kier molecular flexibility index (Phi) is 3.12. The van der Waals surface area contributed by atoms with E-state index in [2.05, 4.69) is 18.8 Å². The van der Waals surface area contributed by atoms with E-state index in [1.54, 1.807) is 11.3 Å². The van der Waals surface area contributed by atoms with Gasteiger partial charge >= 0.3 is 0 Å². The van der Waals surface area contributed by atoms with Crippen LogP contribution in [-0.4, -0.2) is 10.5 Å². The Bertz CT molecular complexity index is 309. The number of rotatable bonds is 2. The Hall–Kier alpha value is -0.410. The molecule has 2 rings (SSSR count). The van der Waals surface area contributed by atoms with E-state index in [0.29, 0.717) is 5.92 Å². The number of aromatic nitrogens is 1. The molecule has 0 amide bonds. The Morgan fingerprint density at radius 1 is 1.60 bits per heavy atom. The van der Waals surface area contributed by atoms with Crippen LogP contribution in [0.25, 0.3) is 0 Å². The SMILES string of the molecule is CC1CCCC(N)(Cc2nccs2)C1C. The van der Waals surface area contributed by atoms with Crippen LogP contribution in [-0.2, 0) is 6.42 Å². The summed E-state index contributed by atoms with van der Waals surface area (Å²) in [5.74, 6) is 1.36. The van der Waals surface area contributed by atoms with Gasteiger partial charge in [0.25, 0.3) is 0 Å². The van der Waals surface area contributed by atoms with Crippen molar-refractivity contribution in [2.75, 3.05) is 0 Å². The summed E-state index contributed by atoms with van der Waals surface area (Å²) in [6, 6.07) is 0. The predicted molar refractivity (Wildman–Crippen MR) is 64.9 cm³/mol. The highest BCUT2D eigenvalue weighted by Crippen LogP contribution is 2.38. The van der Waals surface area contributed by atoms with Gasteiger partial charge in [0.05, 0.1) is 5.01 Å². The fourth-order valence-corrected chi connectivity index (χ4v) is 3.42. The van der Waals surface area contributed by atoms with E-state index in [-0.39, 0.29) is 5.54 Å². The first-order valence-corrected chi connectivity index (χ1v) is 6.67. The highest BCUT2D eigenvalue weighted by molar-refractivity contribution is 7.09. The zero-order valence-electron chi connectivity index (χ0n) is 9.57. The van der Waals surface area contributed by atoms with E-state index >= 15 is 0 Å². The highest BCUT2D eigenvalue weighted by Gasteiger charge is 2.38. The summed E-state index contributed by atoms with van der Waals surface area (Å²) in [6.07, 6.45) is 6.58. The summed E-state index contributed by atoms with van der Waals surface area (Å²) in [5.41, 5.74) is 6.53. The molecule has 0 bridgehead atoms. The summed E-state index contributed by atoms with van der Waals surface area (Å²) in [4.78, 5) is 4.35. The second-order valence-electron chi connectivity index (χ2n) is 4.99. The maximum Gasteiger partial charge on any atom is 0.0943 e. The normalized spacial score (nSPS) is 36.7. The Morgan fingerprint density at radius 2 is 2.40 bits per heavy atom. The smallest absolute Gasteiger partial charge is 0.0943 e. The third-order valence-corrected chi connectivity index (χ3v) is 4.81. The van der Waals surface area contributed by atoms with Crippen molar-refractivity contribution >= 4 is 11.3 Å². The quantitative estimate of drug-likeness (QED) is 0.839. The molecule has 1 fully saturated rings. The molecule has 1 aromatic rings. The molecule has 3 heteroatoms. The predicted octanol–water partition coefficient (Wildman–Crippen LogP) is 2.84. The van der Waals surface area contributed by atoms with Crippen molar-refractivity contribution in [3.63, 3.8) is 0 Å². The largest absolute Gasteiger partial charge is 0.324 e.